The van der Waals surface area contributed by atoms with Crippen LogP contribution in [0.3, 0.4) is 0 Å². The van der Waals surface area contributed by atoms with Crippen molar-refractivity contribution in [3.8, 4) is 0 Å². The zero-order valence-electron chi connectivity index (χ0n) is 12.7. The molecule has 1 rings (SSSR count). The maximum Gasteiger partial charge on any atom is 0.296 e. The molecule has 4 nitrogen and oxygen atoms in total. The molecule has 0 radical (unpaired) electrons. The van der Waals surface area contributed by atoms with Gasteiger partial charge in [-0.2, -0.15) is 8.42 Å². The zero-order valence-corrected chi connectivity index (χ0v) is 13.5. The minimum Gasteiger partial charge on any atom is -0.355 e. The summed E-state index contributed by atoms with van der Waals surface area (Å²) in [4.78, 5) is 0. The minimum absolute atomic E-state index is 0.340. The molecule has 1 unspecified atom stereocenters. The molecule has 1 aromatic rings. The Bertz CT molecular complexity index is 470. The Hall–Kier alpha value is -0.910. The lowest BCUT2D eigenvalue weighted by atomic mass is 10.1. The van der Waals surface area contributed by atoms with Crippen LogP contribution in [-0.2, 0) is 14.9 Å². The van der Waals surface area contributed by atoms with Crippen molar-refractivity contribution >= 4 is 10.1 Å². The van der Waals surface area contributed by atoms with Crippen molar-refractivity contribution < 1.29 is 17.7 Å². The van der Waals surface area contributed by atoms with Gasteiger partial charge in [-0.15, -0.1) is 0 Å². The average molecular weight is 314 g/mol. The second kappa shape index (κ2) is 9.92. The summed E-state index contributed by atoms with van der Waals surface area (Å²) in [6.07, 6.45) is 7.96. The summed E-state index contributed by atoms with van der Waals surface area (Å²) >= 11 is 0. The first-order chi connectivity index (χ1) is 10.1. The van der Waals surface area contributed by atoms with Gasteiger partial charge in [0, 0.05) is 6.61 Å². The normalized spacial score (nSPS) is 13.2. The molecule has 0 saturated carbocycles. The quantitative estimate of drug-likeness (QED) is 0.487. The van der Waals surface area contributed by atoms with Crippen molar-refractivity contribution in [2.75, 3.05) is 6.61 Å². The van der Waals surface area contributed by atoms with Crippen molar-refractivity contribution in [2.24, 2.45) is 0 Å². The molecule has 0 saturated heterocycles. The zero-order chi connectivity index (χ0) is 15.6. The number of hydrogen-bond donors (Lipinski definition) is 1. The maximum atomic E-state index is 11.4. The second-order valence-corrected chi connectivity index (χ2v) is 6.71. The molecule has 0 heterocycles. The molecule has 0 aromatic heterocycles. The molecular formula is C16H26O4S. The Kier molecular flexibility index (Phi) is 8.57. The van der Waals surface area contributed by atoms with Crippen LogP contribution in [-0.4, -0.2) is 19.6 Å². The van der Waals surface area contributed by atoms with E-state index >= 15 is 0 Å². The minimum atomic E-state index is -4.24. The first-order valence-electron chi connectivity index (χ1n) is 7.68. The number of unbranched alkanes of at least 4 members (excludes halogenated alkanes) is 6. The average Bonchev–Trinajstić information content (AvgIpc) is 2.45. The van der Waals surface area contributed by atoms with Gasteiger partial charge in [0.05, 0.1) is 0 Å². The smallest absolute Gasteiger partial charge is 0.296 e. The third kappa shape index (κ3) is 7.60. The van der Waals surface area contributed by atoms with Crippen molar-refractivity contribution in [3.05, 3.63) is 35.9 Å². The molecule has 5 heteroatoms. The van der Waals surface area contributed by atoms with Gasteiger partial charge in [0.2, 0.25) is 5.44 Å². The summed E-state index contributed by atoms with van der Waals surface area (Å²) in [5, 5.41) is 0. The molecule has 0 bridgehead atoms. The summed E-state index contributed by atoms with van der Waals surface area (Å²) in [6, 6.07) is 8.53. The van der Waals surface area contributed by atoms with E-state index in [9.17, 15) is 13.0 Å². The van der Waals surface area contributed by atoms with Crippen LogP contribution >= 0.6 is 0 Å². The van der Waals surface area contributed by atoms with Gasteiger partial charge in [-0.25, -0.2) is 0 Å². The second-order valence-electron chi connectivity index (χ2n) is 5.25. The van der Waals surface area contributed by atoms with E-state index in [-0.39, 0.29) is 0 Å². The van der Waals surface area contributed by atoms with Gasteiger partial charge in [-0.1, -0.05) is 75.8 Å². The van der Waals surface area contributed by atoms with Crippen molar-refractivity contribution in [1.82, 2.24) is 0 Å². The fourth-order valence-corrected chi connectivity index (χ4v) is 2.98. The molecule has 0 amide bonds. The molecule has 1 atom stereocenters. The van der Waals surface area contributed by atoms with Crippen LogP contribution in [0, 0.1) is 0 Å². The van der Waals surface area contributed by atoms with E-state index in [1.54, 1.807) is 30.3 Å². The van der Waals surface area contributed by atoms with Crippen LogP contribution in [0.15, 0.2) is 30.3 Å². The molecule has 0 spiro atoms. The highest BCUT2D eigenvalue weighted by Crippen LogP contribution is 2.23. The van der Waals surface area contributed by atoms with E-state index in [0.717, 1.165) is 19.3 Å². The van der Waals surface area contributed by atoms with Gasteiger partial charge >= 0.3 is 0 Å². The Balaban J connectivity index is 2.33. The number of benzene rings is 1. The largest absolute Gasteiger partial charge is 0.355 e. The summed E-state index contributed by atoms with van der Waals surface area (Å²) in [5.74, 6) is 0. The summed E-state index contributed by atoms with van der Waals surface area (Å²) in [7, 11) is -4.24. The van der Waals surface area contributed by atoms with Crippen molar-refractivity contribution in [3.63, 3.8) is 0 Å². The molecule has 1 N–H and O–H groups in total. The Morgan fingerprint density at radius 3 is 2.14 bits per heavy atom. The van der Waals surface area contributed by atoms with Gasteiger partial charge in [0.25, 0.3) is 10.1 Å². The SMILES string of the molecule is CCCCCCCCCOC(c1ccccc1)S(=O)(=O)O. The fourth-order valence-electron chi connectivity index (χ4n) is 2.21. The highest BCUT2D eigenvalue weighted by molar-refractivity contribution is 7.85. The first kappa shape index (κ1) is 18.1. The molecule has 0 aliphatic rings. The lowest BCUT2D eigenvalue weighted by molar-refractivity contribution is 0.0955. The van der Waals surface area contributed by atoms with Crippen LogP contribution < -0.4 is 0 Å². The molecular weight excluding hydrogens is 288 g/mol. The van der Waals surface area contributed by atoms with Crippen molar-refractivity contribution in [1.29, 1.82) is 0 Å². The van der Waals surface area contributed by atoms with Gasteiger partial charge in [-0.05, 0) is 12.0 Å². The maximum absolute atomic E-state index is 11.4. The summed E-state index contributed by atoms with van der Waals surface area (Å²) < 4.78 is 37.5. The molecule has 120 valence electrons. The van der Waals surface area contributed by atoms with E-state index in [4.69, 9.17) is 4.74 Å². The van der Waals surface area contributed by atoms with Gasteiger partial charge in [-0.3, -0.25) is 4.55 Å². The Labute approximate surface area is 128 Å². The molecule has 0 aliphatic heterocycles. The number of rotatable bonds is 11. The monoisotopic (exact) mass is 314 g/mol. The molecule has 21 heavy (non-hydrogen) atoms. The fraction of sp³-hybridized carbons (Fsp3) is 0.625. The first-order valence-corrected chi connectivity index (χ1v) is 9.19. The van der Waals surface area contributed by atoms with Crippen LogP contribution in [0.5, 0.6) is 0 Å². The summed E-state index contributed by atoms with van der Waals surface area (Å²) in [5.41, 5.74) is -0.818. The van der Waals surface area contributed by atoms with E-state index in [2.05, 4.69) is 6.92 Å². The molecule has 0 aliphatic carbocycles. The Morgan fingerprint density at radius 1 is 1.00 bits per heavy atom. The summed E-state index contributed by atoms with van der Waals surface area (Å²) in [6.45, 7) is 2.53. The van der Waals surface area contributed by atoms with E-state index < -0.39 is 15.6 Å². The third-order valence-corrected chi connectivity index (χ3v) is 4.31. The van der Waals surface area contributed by atoms with Gasteiger partial charge < -0.3 is 4.74 Å². The van der Waals surface area contributed by atoms with E-state index in [0.29, 0.717) is 12.2 Å². The van der Waals surface area contributed by atoms with Gasteiger partial charge in [0.1, 0.15) is 0 Å². The Morgan fingerprint density at radius 2 is 1.57 bits per heavy atom. The van der Waals surface area contributed by atoms with Crippen LogP contribution in [0.1, 0.15) is 62.9 Å². The van der Waals surface area contributed by atoms with Crippen LogP contribution in [0.4, 0.5) is 0 Å². The third-order valence-electron chi connectivity index (χ3n) is 3.36. The predicted octanol–water partition coefficient (Wildman–Crippen LogP) is 4.34. The van der Waals surface area contributed by atoms with Gasteiger partial charge in [0.15, 0.2) is 0 Å². The molecule has 1 aromatic carbocycles. The predicted molar refractivity (Wildman–Crippen MR) is 84.7 cm³/mol. The van der Waals surface area contributed by atoms with E-state index in [1.165, 1.54) is 25.7 Å². The van der Waals surface area contributed by atoms with Crippen LogP contribution in [0.25, 0.3) is 0 Å². The van der Waals surface area contributed by atoms with Crippen molar-refractivity contribution in [2.45, 2.75) is 57.3 Å². The highest BCUT2D eigenvalue weighted by Gasteiger charge is 2.25. The number of ether oxygens (including phenoxy) is 1. The lowest BCUT2D eigenvalue weighted by Gasteiger charge is -2.15. The highest BCUT2D eigenvalue weighted by atomic mass is 32.2. The lowest BCUT2D eigenvalue weighted by Crippen LogP contribution is -2.16. The van der Waals surface area contributed by atoms with E-state index in [1.807, 2.05) is 0 Å². The molecule has 0 fully saturated rings. The topological polar surface area (TPSA) is 63.6 Å². The number of hydrogen-bond acceptors (Lipinski definition) is 3. The standard InChI is InChI=1S/C16H26O4S/c1-2-3-4-5-6-7-11-14-20-16(21(17,18)19)15-12-9-8-10-13-15/h8-10,12-13,16H,2-7,11,14H2,1H3,(H,17,18,19). The van der Waals surface area contributed by atoms with Crippen LogP contribution in [0.2, 0.25) is 0 Å².